The van der Waals surface area contributed by atoms with Gasteiger partial charge in [0, 0.05) is 74.3 Å². The summed E-state index contributed by atoms with van der Waals surface area (Å²) in [6.45, 7) is 12.3. The van der Waals surface area contributed by atoms with E-state index in [4.69, 9.17) is 10.5 Å². The molecule has 0 aliphatic carbocycles. The number of benzene rings is 1. The van der Waals surface area contributed by atoms with Gasteiger partial charge in [0.05, 0.1) is 36.7 Å². The zero-order valence-electron chi connectivity index (χ0n) is 21.1. The van der Waals surface area contributed by atoms with Gasteiger partial charge in [-0.25, -0.2) is 4.39 Å². The SMILES string of the molecule is CC1CN(Cc2cnn(CCCOCC(O)Cn3c(C(C)C)cc4cc(N)c(F)cc43)c2)CCN1. The number of piperazine rings is 1. The standard InChI is InChI=1S/C26H39FN6O2/c1-18(2)25-10-21-9-24(28)23(27)11-26(21)33(25)16-22(34)17-35-8-4-6-32-15-20(12-30-32)14-31-7-5-29-19(3)13-31/h9-12,15,18-19,22,29,34H,4-8,13-14,16-17,28H2,1-3H3. The first-order valence-corrected chi connectivity index (χ1v) is 12.6. The molecule has 1 aliphatic rings. The van der Waals surface area contributed by atoms with Crippen molar-refractivity contribution < 1.29 is 14.2 Å². The van der Waals surface area contributed by atoms with Crippen molar-refractivity contribution in [3.63, 3.8) is 0 Å². The van der Waals surface area contributed by atoms with Crippen molar-refractivity contribution >= 4 is 16.6 Å². The topological polar surface area (TPSA) is 93.5 Å². The Bertz CT molecular complexity index is 1110. The molecule has 3 heterocycles. The molecule has 8 nitrogen and oxygen atoms in total. The second kappa shape index (κ2) is 11.5. The first-order valence-electron chi connectivity index (χ1n) is 12.6. The monoisotopic (exact) mass is 486 g/mol. The van der Waals surface area contributed by atoms with Crippen LogP contribution >= 0.6 is 0 Å². The van der Waals surface area contributed by atoms with Crippen molar-refractivity contribution in [2.75, 3.05) is 38.6 Å². The van der Waals surface area contributed by atoms with Gasteiger partial charge in [-0.1, -0.05) is 13.8 Å². The number of aryl methyl sites for hydroxylation is 1. The van der Waals surface area contributed by atoms with Crippen LogP contribution in [0.4, 0.5) is 10.1 Å². The molecule has 0 saturated carbocycles. The molecule has 1 aliphatic heterocycles. The van der Waals surface area contributed by atoms with E-state index in [-0.39, 0.29) is 18.2 Å². The second-order valence-corrected chi connectivity index (χ2v) is 10.1. The largest absolute Gasteiger partial charge is 0.396 e. The number of rotatable bonds is 11. The fraction of sp³-hybridized carbons (Fsp3) is 0.577. The van der Waals surface area contributed by atoms with E-state index >= 15 is 0 Å². The van der Waals surface area contributed by atoms with E-state index in [0.29, 0.717) is 19.2 Å². The molecule has 35 heavy (non-hydrogen) atoms. The van der Waals surface area contributed by atoms with Crippen molar-refractivity contribution in [2.24, 2.45) is 0 Å². The maximum atomic E-state index is 14.1. The number of nitrogens with zero attached hydrogens (tertiary/aromatic N) is 4. The number of anilines is 1. The molecule has 3 aromatic rings. The van der Waals surface area contributed by atoms with Crippen LogP contribution in [-0.2, 0) is 24.4 Å². The Morgan fingerprint density at radius 3 is 2.91 bits per heavy atom. The number of nitrogens with two attached hydrogens (primary N) is 1. The van der Waals surface area contributed by atoms with E-state index in [9.17, 15) is 9.50 Å². The van der Waals surface area contributed by atoms with Crippen molar-refractivity contribution in [1.29, 1.82) is 0 Å². The number of aliphatic hydroxyl groups excluding tert-OH is 1. The lowest BCUT2D eigenvalue weighted by Crippen LogP contribution is -2.48. The van der Waals surface area contributed by atoms with Gasteiger partial charge in [-0.05, 0) is 31.4 Å². The minimum Gasteiger partial charge on any atom is -0.396 e. The molecule has 4 rings (SSSR count). The van der Waals surface area contributed by atoms with Gasteiger partial charge in [-0.3, -0.25) is 9.58 Å². The molecule has 0 spiro atoms. The summed E-state index contributed by atoms with van der Waals surface area (Å²) in [4.78, 5) is 2.45. The van der Waals surface area contributed by atoms with E-state index < -0.39 is 11.9 Å². The van der Waals surface area contributed by atoms with Crippen molar-refractivity contribution in [3.05, 3.63) is 47.7 Å². The second-order valence-electron chi connectivity index (χ2n) is 10.1. The summed E-state index contributed by atoms with van der Waals surface area (Å²) in [6.07, 6.45) is 4.17. The molecule has 4 N–H and O–H groups in total. The lowest BCUT2D eigenvalue weighted by molar-refractivity contribution is 0.0262. The van der Waals surface area contributed by atoms with Crippen LogP contribution in [0.25, 0.3) is 10.9 Å². The molecule has 9 heteroatoms. The summed E-state index contributed by atoms with van der Waals surface area (Å²) in [5, 5.41) is 19.4. The smallest absolute Gasteiger partial charge is 0.148 e. The summed E-state index contributed by atoms with van der Waals surface area (Å²) < 4.78 is 23.8. The van der Waals surface area contributed by atoms with Crippen molar-refractivity contribution in [3.8, 4) is 0 Å². The maximum absolute atomic E-state index is 14.1. The van der Waals surface area contributed by atoms with Crippen molar-refractivity contribution in [2.45, 2.75) is 64.9 Å². The van der Waals surface area contributed by atoms with Crippen LogP contribution in [0.15, 0.2) is 30.6 Å². The highest BCUT2D eigenvalue weighted by Gasteiger charge is 2.18. The van der Waals surface area contributed by atoms with Crippen LogP contribution in [0.2, 0.25) is 0 Å². The van der Waals surface area contributed by atoms with Gasteiger partial charge in [0.1, 0.15) is 5.82 Å². The van der Waals surface area contributed by atoms with Crippen LogP contribution < -0.4 is 11.1 Å². The Morgan fingerprint density at radius 1 is 1.31 bits per heavy atom. The summed E-state index contributed by atoms with van der Waals surface area (Å²) in [5.74, 6) is -0.212. The molecule has 1 saturated heterocycles. The lowest BCUT2D eigenvalue weighted by atomic mass is 10.1. The number of hydrogen-bond donors (Lipinski definition) is 3. The number of halogens is 1. The maximum Gasteiger partial charge on any atom is 0.148 e. The normalized spacial score (nSPS) is 18.1. The fourth-order valence-electron chi connectivity index (χ4n) is 4.84. The van der Waals surface area contributed by atoms with E-state index in [1.807, 2.05) is 21.5 Å². The van der Waals surface area contributed by atoms with Gasteiger partial charge < -0.3 is 25.5 Å². The lowest BCUT2D eigenvalue weighted by Gasteiger charge is -2.31. The molecule has 1 aromatic carbocycles. The van der Waals surface area contributed by atoms with E-state index in [2.05, 4.69) is 42.3 Å². The third-order valence-electron chi connectivity index (χ3n) is 6.57. The summed E-state index contributed by atoms with van der Waals surface area (Å²) in [6, 6.07) is 5.65. The third kappa shape index (κ3) is 6.61. The van der Waals surface area contributed by atoms with Crippen LogP contribution in [-0.4, -0.2) is 69.3 Å². The number of nitrogen functional groups attached to an aromatic ring is 1. The minimum atomic E-state index is -0.693. The quantitative estimate of drug-likeness (QED) is 0.285. The number of aliphatic hydroxyl groups is 1. The van der Waals surface area contributed by atoms with Crippen molar-refractivity contribution in [1.82, 2.24) is 24.6 Å². The third-order valence-corrected chi connectivity index (χ3v) is 6.57. The van der Waals surface area contributed by atoms with Gasteiger partial charge in [-0.15, -0.1) is 0 Å². The van der Waals surface area contributed by atoms with Crippen LogP contribution in [0.5, 0.6) is 0 Å². The molecule has 0 bridgehead atoms. The highest BCUT2D eigenvalue weighted by atomic mass is 19.1. The average Bonchev–Trinajstić information content (AvgIpc) is 3.38. The Balaban J connectivity index is 1.22. The van der Waals surface area contributed by atoms with E-state index in [1.165, 1.54) is 11.6 Å². The Morgan fingerprint density at radius 2 is 2.14 bits per heavy atom. The predicted molar refractivity (Wildman–Crippen MR) is 137 cm³/mol. The van der Waals surface area contributed by atoms with Gasteiger partial charge >= 0.3 is 0 Å². The molecule has 2 atom stereocenters. The van der Waals surface area contributed by atoms with E-state index in [0.717, 1.165) is 55.7 Å². The molecule has 192 valence electrons. The predicted octanol–water partition coefficient (Wildman–Crippen LogP) is 2.94. The number of fused-ring (bicyclic) bond motifs is 1. The van der Waals surface area contributed by atoms with Gasteiger partial charge in [-0.2, -0.15) is 5.10 Å². The van der Waals surface area contributed by atoms with Crippen LogP contribution in [0.1, 0.15) is 44.4 Å². The van der Waals surface area contributed by atoms with Crippen LogP contribution in [0.3, 0.4) is 0 Å². The summed E-state index contributed by atoms with van der Waals surface area (Å²) in [5.41, 5.74) is 8.88. The number of nitrogens with one attached hydrogen (secondary N) is 1. The first-order chi connectivity index (χ1) is 16.8. The Labute approximate surface area is 206 Å². The molecule has 2 unspecified atom stereocenters. The highest BCUT2D eigenvalue weighted by Crippen LogP contribution is 2.29. The summed E-state index contributed by atoms with van der Waals surface area (Å²) in [7, 11) is 0. The number of ether oxygens (including phenoxy) is 1. The molecule has 0 amide bonds. The molecule has 0 radical (unpaired) electrons. The van der Waals surface area contributed by atoms with Gasteiger partial charge in [0.25, 0.3) is 0 Å². The molecular formula is C26H39FN6O2. The van der Waals surface area contributed by atoms with Crippen LogP contribution in [0, 0.1) is 5.82 Å². The fourth-order valence-corrected chi connectivity index (χ4v) is 4.84. The minimum absolute atomic E-state index is 0.136. The number of aromatic nitrogens is 3. The zero-order valence-corrected chi connectivity index (χ0v) is 21.1. The first kappa shape index (κ1) is 25.6. The van der Waals surface area contributed by atoms with Gasteiger partial charge in [0.15, 0.2) is 0 Å². The average molecular weight is 487 g/mol. The molecule has 2 aromatic heterocycles. The van der Waals surface area contributed by atoms with Gasteiger partial charge in [0.2, 0.25) is 0 Å². The Kier molecular flexibility index (Phi) is 8.43. The Hall–Kier alpha value is -2.46. The molecule has 1 fully saturated rings. The zero-order chi connectivity index (χ0) is 24.9. The van der Waals surface area contributed by atoms with E-state index in [1.54, 1.807) is 6.07 Å². The number of hydrogen-bond acceptors (Lipinski definition) is 6. The molecular weight excluding hydrogens is 447 g/mol. The summed E-state index contributed by atoms with van der Waals surface area (Å²) >= 11 is 0. The highest BCUT2D eigenvalue weighted by molar-refractivity contribution is 5.85.